The number of hydrogen-bond acceptors (Lipinski definition) is 4. The average molecular weight is 487 g/mol. The van der Waals surface area contributed by atoms with E-state index >= 15 is 0 Å². The van der Waals surface area contributed by atoms with Crippen molar-refractivity contribution in [2.75, 3.05) is 0 Å². The van der Waals surface area contributed by atoms with Gasteiger partial charge in [-0.2, -0.15) is 10.1 Å². The molecule has 1 atom stereocenters. The van der Waals surface area contributed by atoms with Crippen LogP contribution >= 0.6 is 7.60 Å². The summed E-state index contributed by atoms with van der Waals surface area (Å²) in [7, 11) is -4.60. The molecule has 4 rings (SSSR count). The van der Waals surface area contributed by atoms with E-state index in [-0.39, 0.29) is 13.0 Å². The van der Waals surface area contributed by atoms with Gasteiger partial charge >= 0.3 is 13.7 Å². The Bertz CT molecular complexity index is 1230. The van der Waals surface area contributed by atoms with Crippen LogP contribution in [-0.2, 0) is 32.1 Å². The van der Waals surface area contributed by atoms with Crippen molar-refractivity contribution < 1.29 is 23.6 Å². The zero-order valence-electron chi connectivity index (χ0n) is 19.0. The minimum Gasteiger partial charge on any atom is -0.443 e. The standard InChI is InChI=1S/C28H26NO5P/c30-27(33-22-24-15-7-2-8-16-24)29-34-35(31,32)28(25-17-9-3-10-18-25,26-19-11-4-12-20-26)21-23-13-5-1-6-14-23/h1-20H,21-22H2,(H,29,30)(H,31,32). The summed E-state index contributed by atoms with van der Waals surface area (Å²) in [5, 5.41) is -1.50. The minimum absolute atomic E-state index is 0.00169. The molecule has 35 heavy (non-hydrogen) atoms. The van der Waals surface area contributed by atoms with Gasteiger partial charge in [-0.3, -0.25) is 4.57 Å². The van der Waals surface area contributed by atoms with E-state index in [0.717, 1.165) is 11.1 Å². The molecule has 0 aromatic heterocycles. The number of carbonyl (C=O) groups is 1. The highest BCUT2D eigenvalue weighted by atomic mass is 31.2. The molecule has 1 unspecified atom stereocenters. The fourth-order valence-electron chi connectivity index (χ4n) is 4.05. The largest absolute Gasteiger partial charge is 0.443 e. The molecule has 0 aliphatic carbocycles. The smallest absolute Gasteiger partial charge is 0.432 e. The molecule has 4 aromatic rings. The zero-order valence-corrected chi connectivity index (χ0v) is 19.9. The van der Waals surface area contributed by atoms with Gasteiger partial charge in [0.05, 0.1) is 0 Å². The van der Waals surface area contributed by atoms with E-state index in [9.17, 15) is 14.3 Å². The molecule has 0 saturated heterocycles. The lowest BCUT2D eigenvalue weighted by molar-refractivity contribution is 0.0852. The van der Waals surface area contributed by atoms with Gasteiger partial charge in [-0.05, 0) is 28.7 Å². The van der Waals surface area contributed by atoms with Gasteiger partial charge in [-0.15, -0.1) is 0 Å². The highest BCUT2D eigenvalue weighted by Gasteiger charge is 2.52. The van der Waals surface area contributed by atoms with Crippen molar-refractivity contribution in [3.8, 4) is 0 Å². The third-order valence-corrected chi connectivity index (χ3v) is 7.73. The first-order valence-corrected chi connectivity index (χ1v) is 12.7. The molecule has 178 valence electrons. The van der Waals surface area contributed by atoms with Crippen molar-refractivity contribution in [1.29, 1.82) is 0 Å². The Hall–Kier alpha value is -3.70. The van der Waals surface area contributed by atoms with Gasteiger partial charge in [0.25, 0.3) is 0 Å². The molecular weight excluding hydrogens is 461 g/mol. The predicted molar refractivity (Wildman–Crippen MR) is 134 cm³/mol. The lowest BCUT2D eigenvalue weighted by Crippen LogP contribution is -2.35. The van der Waals surface area contributed by atoms with Crippen LogP contribution in [0.15, 0.2) is 121 Å². The number of amides is 1. The maximum absolute atomic E-state index is 14.1. The number of carbonyl (C=O) groups excluding carboxylic acids is 1. The zero-order chi connectivity index (χ0) is 24.6. The Morgan fingerprint density at radius 1 is 0.714 bits per heavy atom. The van der Waals surface area contributed by atoms with Crippen LogP contribution < -0.4 is 5.48 Å². The van der Waals surface area contributed by atoms with Gasteiger partial charge < -0.3 is 9.63 Å². The van der Waals surface area contributed by atoms with Gasteiger partial charge in [0.15, 0.2) is 0 Å². The monoisotopic (exact) mass is 487 g/mol. The van der Waals surface area contributed by atoms with Gasteiger partial charge in [-0.25, -0.2) is 4.79 Å². The van der Waals surface area contributed by atoms with Crippen LogP contribution in [0.25, 0.3) is 0 Å². The van der Waals surface area contributed by atoms with Crippen molar-refractivity contribution in [2.24, 2.45) is 0 Å². The van der Waals surface area contributed by atoms with Gasteiger partial charge in [-0.1, -0.05) is 121 Å². The number of hydrogen-bond donors (Lipinski definition) is 2. The topological polar surface area (TPSA) is 84.9 Å². The summed E-state index contributed by atoms with van der Waals surface area (Å²) >= 11 is 0. The summed E-state index contributed by atoms with van der Waals surface area (Å²) in [4.78, 5) is 23.8. The second-order valence-electron chi connectivity index (χ2n) is 8.03. The van der Waals surface area contributed by atoms with Crippen LogP contribution in [0.4, 0.5) is 4.79 Å². The lowest BCUT2D eigenvalue weighted by Gasteiger charge is -2.37. The number of hydroxylamine groups is 1. The van der Waals surface area contributed by atoms with Crippen LogP contribution in [0.2, 0.25) is 0 Å². The van der Waals surface area contributed by atoms with Gasteiger partial charge in [0, 0.05) is 0 Å². The molecule has 0 radical (unpaired) electrons. The summed E-state index contributed by atoms with van der Waals surface area (Å²) in [6, 6.07) is 36.6. The van der Waals surface area contributed by atoms with Crippen molar-refractivity contribution in [3.63, 3.8) is 0 Å². The molecule has 0 aliphatic rings. The second kappa shape index (κ2) is 11.2. The third-order valence-electron chi connectivity index (χ3n) is 5.75. The summed E-state index contributed by atoms with van der Waals surface area (Å²) in [6.07, 6.45) is -0.797. The molecule has 0 heterocycles. The van der Waals surface area contributed by atoms with E-state index in [4.69, 9.17) is 9.36 Å². The summed E-state index contributed by atoms with van der Waals surface area (Å²) in [5.74, 6) is 0. The first kappa shape index (κ1) is 24.4. The summed E-state index contributed by atoms with van der Waals surface area (Å²) < 4.78 is 24.6. The quantitative estimate of drug-likeness (QED) is 0.216. The second-order valence-corrected chi connectivity index (χ2v) is 10.0. The normalized spacial score (nSPS) is 12.9. The molecule has 0 fully saturated rings. The van der Waals surface area contributed by atoms with E-state index < -0.39 is 18.8 Å². The maximum atomic E-state index is 14.1. The average Bonchev–Trinajstić information content (AvgIpc) is 2.91. The molecule has 0 aliphatic heterocycles. The lowest BCUT2D eigenvalue weighted by atomic mass is 9.85. The van der Waals surface area contributed by atoms with Crippen LogP contribution in [0.3, 0.4) is 0 Å². The highest BCUT2D eigenvalue weighted by molar-refractivity contribution is 7.54. The number of benzene rings is 4. The summed E-state index contributed by atoms with van der Waals surface area (Å²) in [6.45, 7) is -0.00169. The highest BCUT2D eigenvalue weighted by Crippen LogP contribution is 2.65. The first-order valence-electron chi connectivity index (χ1n) is 11.1. The molecule has 0 bridgehead atoms. The maximum Gasteiger partial charge on any atom is 0.432 e. The van der Waals surface area contributed by atoms with Crippen LogP contribution in [0, 0.1) is 0 Å². The van der Waals surface area contributed by atoms with E-state index in [1.807, 2.05) is 66.1 Å². The number of nitrogens with one attached hydrogen (secondary N) is 1. The van der Waals surface area contributed by atoms with Crippen molar-refractivity contribution in [3.05, 3.63) is 144 Å². The Morgan fingerprint density at radius 2 is 1.14 bits per heavy atom. The summed E-state index contributed by atoms with van der Waals surface area (Å²) in [5.41, 5.74) is 4.83. The van der Waals surface area contributed by atoms with Crippen LogP contribution in [0.1, 0.15) is 22.3 Å². The SMILES string of the molecule is O=C(NOP(=O)(O)C(Cc1ccccc1)(c1ccccc1)c1ccccc1)OCc1ccccc1. The first-order chi connectivity index (χ1) is 17.0. The predicted octanol–water partition coefficient (Wildman–Crippen LogP) is 6.22. The molecule has 1 amide bonds. The molecule has 7 heteroatoms. The van der Waals surface area contributed by atoms with Gasteiger partial charge in [0.1, 0.15) is 11.8 Å². The molecule has 0 spiro atoms. The van der Waals surface area contributed by atoms with Crippen molar-refractivity contribution in [1.82, 2.24) is 5.48 Å². The Morgan fingerprint density at radius 3 is 1.63 bits per heavy atom. The van der Waals surface area contributed by atoms with Crippen molar-refractivity contribution >= 4 is 13.7 Å². The Kier molecular flexibility index (Phi) is 7.78. The van der Waals surface area contributed by atoms with E-state index in [1.165, 1.54) is 0 Å². The van der Waals surface area contributed by atoms with E-state index in [1.54, 1.807) is 60.7 Å². The van der Waals surface area contributed by atoms with E-state index in [2.05, 4.69) is 0 Å². The fourth-order valence-corrected chi connectivity index (χ4v) is 5.73. The molecule has 0 saturated carbocycles. The molecule has 2 N–H and O–H groups in total. The third kappa shape index (κ3) is 5.69. The Balaban J connectivity index is 1.67. The van der Waals surface area contributed by atoms with Crippen LogP contribution in [0.5, 0.6) is 0 Å². The fraction of sp³-hybridized carbons (Fsp3) is 0.107. The number of ether oxygens (including phenoxy) is 1. The van der Waals surface area contributed by atoms with Crippen LogP contribution in [-0.4, -0.2) is 11.0 Å². The number of rotatable bonds is 9. The minimum atomic E-state index is -4.60. The van der Waals surface area contributed by atoms with E-state index in [0.29, 0.717) is 11.1 Å². The molecule has 4 aromatic carbocycles. The Labute approximate surface area is 204 Å². The molecule has 6 nitrogen and oxygen atoms in total. The molecular formula is C28H26NO5P. The van der Waals surface area contributed by atoms with Gasteiger partial charge in [0.2, 0.25) is 0 Å². The van der Waals surface area contributed by atoms with Crippen molar-refractivity contribution in [2.45, 2.75) is 18.2 Å².